The molecule has 0 fully saturated rings. The van der Waals surface area contributed by atoms with Gasteiger partial charge in [-0.3, -0.25) is 4.79 Å². The van der Waals surface area contributed by atoms with Gasteiger partial charge in [-0.15, -0.1) is 0 Å². The van der Waals surface area contributed by atoms with Crippen LogP contribution in [-0.4, -0.2) is 10.5 Å². The number of rotatable bonds is 2. The van der Waals surface area contributed by atoms with Crippen molar-refractivity contribution < 1.29 is 4.79 Å². The number of fused-ring (bicyclic) bond motifs is 1. The van der Waals surface area contributed by atoms with E-state index in [4.69, 9.17) is 11.6 Å². The second-order valence-corrected chi connectivity index (χ2v) is 5.55. The molecule has 1 heterocycles. The second-order valence-electron chi connectivity index (χ2n) is 5.11. The number of carbonyl (C=O) groups is 1. The summed E-state index contributed by atoms with van der Waals surface area (Å²) >= 11 is 5.98. The minimum absolute atomic E-state index is 0.136. The van der Waals surface area contributed by atoms with Crippen molar-refractivity contribution in [2.45, 2.75) is 6.92 Å². The average Bonchev–Trinajstić information content (AvgIpc) is 2.84. The van der Waals surface area contributed by atoms with Gasteiger partial charge in [-0.2, -0.15) is 0 Å². The molecule has 0 radical (unpaired) electrons. The molecule has 0 unspecified atom stereocenters. The smallest absolute Gasteiger partial charge is 0.255 e. The molecule has 4 heteroatoms. The van der Waals surface area contributed by atoms with Crippen LogP contribution in [0.4, 0.5) is 5.69 Å². The van der Waals surface area contributed by atoms with Crippen LogP contribution in [0, 0.1) is 6.92 Å². The minimum atomic E-state index is -0.136. The Bertz CT molecular complexity index is 836. The number of carbonyl (C=O) groups excluding carboxylic acids is 1. The molecule has 3 nitrogen and oxygen atoms in total. The van der Waals surface area contributed by atoms with E-state index in [-0.39, 0.29) is 5.91 Å². The molecule has 1 aromatic heterocycles. The monoisotopic (exact) mass is 298 g/mol. The zero-order valence-corrected chi connectivity index (χ0v) is 12.6. The first-order valence-corrected chi connectivity index (χ1v) is 7.05. The number of hydrogen-bond acceptors (Lipinski definition) is 1. The van der Waals surface area contributed by atoms with Gasteiger partial charge < -0.3 is 9.88 Å². The molecule has 0 atom stereocenters. The third-order valence-electron chi connectivity index (χ3n) is 3.60. The summed E-state index contributed by atoms with van der Waals surface area (Å²) in [5.41, 5.74) is 3.38. The zero-order chi connectivity index (χ0) is 15.0. The van der Waals surface area contributed by atoms with Crippen LogP contribution >= 0.6 is 11.6 Å². The number of halogens is 1. The van der Waals surface area contributed by atoms with Gasteiger partial charge in [-0.25, -0.2) is 0 Å². The molecule has 3 rings (SSSR count). The Morgan fingerprint density at radius 3 is 2.76 bits per heavy atom. The van der Waals surface area contributed by atoms with Crippen molar-refractivity contribution in [2.24, 2.45) is 7.05 Å². The van der Waals surface area contributed by atoms with Crippen molar-refractivity contribution in [3.8, 4) is 0 Å². The van der Waals surface area contributed by atoms with Crippen molar-refractivity contribution in [3.63, 3.8) is 0 Å². The maximum absolute atomic E-state index is 12.4. The van der Waals surface area contributed by atoms with E-state index in [2.05, 4.69) is 5.32 Å². The molecule has 0 aliphatic heterocycles. The fraction of sp³-hybridized carbons (Fsp3) is 0.118. The quantitative estimate of drug-likeness (QED) is 0.748. The lowest BCUT2D eigenvalue weighted by molar-refractivity contribution is 0.102. The van der Waals surface area contributed by atoms with E-state index in [1.54, 1.807) is 6.07 Å². The molecule has 21 heavy (non-hydrogen) atoms. The van der Waals surface area contributed by atoms with Crippen LogP contribution in [0.3, 0.4) is 0 Å². The molecule has 0 saturated carbocycles. The SMILES string of the molecule is Cc1ccc(Cl)cc1NC(=O)c1ccc2ccn(C)c2c1. The first-order chi connectivity index (χ1) is 10.0. The highest BCUT2D eigenvalue weighted by molar-refractivity contribution is 6.31. The predicted octanol–water partition coefficient (Wildman–Crippen LogP) is 4.39. The van der Waals surface area contributed by atoms with Gasteiger partial charge >= 0.3 is 0 Å². The van der Waals surface area contributed by atoms with Crippen molar-refractivity contribution in [3.05, 3.63) is 64.8 Å². The summed E-state index contributed by atoms with van der Waals surface area (Å²) < 4.78 is 2.00. The Hall–Kier alpha value is -2.26. The van der Waals surface area contributed by atoms with Crippen molar-refractivity contribution in [2.75, 3.05) is 5.32 Å². The van der Waals surface area contributed by atoms with Crippen LogP contribution in [0.1, 0.15) is 15.9 Å². The summed E-state index contributed by atoms with van der Waals surface area (Å²) in [6, 6.07) is 13.2. The summed E-state index contributed by atoms with van der Waals surface area (Å²) in [6.07, 6.45) is 1.98. The summed E-state index contributed by atoms with van der Waals surface area (Å²) in [5, 5.41) is 4.63. The molecule has 3 aromatic rings. The highest BCUT2D eigenvalue weighted by Gasteiger charge is 2.10. The van der Waals surface area contributed by atoms with Crippen molar-refractivity contribution in [1.29, 1.82) is 0 Å². The van der Waals surface area contributed by atoms with Crippen LogP contribution in [0.2, 0.25) is 5.02 Å². The minimum Gasteiger partial charge on any atom is -0.351 e. The van der Waals surface area contributed by atoms with Gasteiger partial charge in [0.1, 0.15) is 0 Å². The lowest BCUT2D eigenvalue weighted by Crippen LogP contribution is -2.12. The van der Waals surface area contributed by atoms with Crippen LogP contribution in [-0.2, 0) is 7.05 Å². The van der Waals surface area contributed by atoms with Crippen LogP contribution in [0.25, 0.3) is 10.9 Å². The molecule has 0 saturated heterocycles. The average molecular weight is 299 g/mol. The predicted molar refractivity (Wildman–Crippen MR) is 87.1 cm³/mol. The number of hydrogen-bond donors (Lipinski definition) is 1. The first kappa shape index (κ1) is 13.7. The molecule has 0 aliphatic rings. The topological polar surface area (TPSA) is 34.0 Å². The van der Waals surface area contributed by atoms with E-state index in [0.29, 0.717) is 10.6 Å². The van der Waals surface area contributed by atoms with E-state index in [9.17, 15) is 4.79 Å². The lowest BCUT2D eigenvalue weighted by Gasteiger charge is -2.09. The van der Waals surface area contributed by atoms with Gasteiger partial charge in [0.05, 0.1) is 0 Å². The van der Waals surface area contributed by atoms with Gasteiger partial charge in [0, 0.05) is 35.0 Å². The first-order valence-electron chi connectivity index (χ1n) is 6.67. The molecule has 106 valence electrons. The number of anilines is 1. The van der Waals surface area contributed by atoms with Crippen LogP contribution in [0.15, 0.2) is 48.7 Å². The number of nitrogens with zero attached hydrogens (tertiary/aromatic N) is 1. The van der Waals surface area contributed by atoms with E-state index in [1.807, 2.05) is 61.1 Å². The Morgan fingerprint density at radius 2 is 1.95 bits per heavy atom. The van der Waals surface area contributed by atoms with E-state index in [0.717, 1.165) is 22.2 Å². The molecule has 0 spiro atoms. The van der Waals surface area contributed by atoms with Gasteiger partial charge in [0.2, 0.25) is 0 Å². The summed E-state index contributed by atoms with van der Waals surface area (Å²) in [5.74, 6) is -0.136. The highest BCUT2D eigenvalue weighted by atomic mass is 35.5. The van der Waals surface area contributed by atoms with Gasteiger partial charge in [0.15, 0.2) is 0 Å². The summed E-state index contributed by atoms with van der Waals surface area (Å²) in [4.78, 5) is 12.4. The maximum Gasteiger partial charge on any atom is 0.255 e. The number of amides is 1. The Morgan fingerprint density at radius 1 is 1.14 bits per heavy atom. The number of aryl methyl sites for hydroxylation is 2. The number of aromatic nitrogens is 1. The fourth-order valence-corrected chi connectivity index (χ4v) is 2.50. The largest absolute Gasteiger partial charge is 0.351 e. The fourth-order valence-electron chi connectivity index (χ4n) is 2.33. The van der Waals surface area contributed by atoms with Crippen LogP contribution in [0.5, 0.6) is 0 Å². The number of benzene rings is 2. The third kappa shape index (κ3) is 2.65. The Kier molecular flexibility index (Phi) is 3.43. The van der Waals surface area contributed by atoms with Gasteiger partial charge in [0.25, 0.3) is 5.91 Å². The molecule has 2 aromatic carbocycles. The molecule has 1 N–H and O–H groups in total. The zero-order valence-electron chi connectivity index (χ0n) is 11.9. The second kappa shape index (κ2) is 5.26. The van der Waals surface area contributed by atoms with E-state index in [1.165, 1.54) is 0 Å². The normalized spacial score (nSPS) is 10.8. The molecule has 0 aliphatic carbocycles. The van der Waals surface area contributed by atoms with E-state index >= 15 is 0 Å². The maximum atomic E-state index is 12.4. The Labute approximate surface area is 128 Å². The number of nitrogens with one attached hydrogen (secondary N) is 1. The van der Waals surface area contributed by atoms with Crippen LogP contribution < -0.4 is 5.32 Å². The van der Waals surface area contributed by atoms with Gasteiger partial charge in [-0.05, 0) is 48.2 Å². The molecular weight excluding hydrogens is 284 g/mol. The summed E-state index contributed by atoms with van der Waals surface area (Å²) in [7, 11) is 1.96. The lowest BCUT2D eigenvalue weighted by atomic mass is 10.1. The summed E-state index contributed by atoms with van der Waals surface area (Å²) in [6.45, 7) is 1.94. The standard InChI is InChI=1S/C17H15ClN2O/c1-11-3-6-14(18)10-15(11)19-17(21)13-5-4-12-7-8-20(2)16(12)9-13/h3-10H,1-2H3,(H,19,21). The van der Waals surface area contributed by atoms with E-state index < -0.39 is 0 Å². The highest BCUT2D eigenvalue weighted by Crippen LogP contribution is 2.22. The van der Waals surface area contributed by atoms with Gasteiger partial charge in [-0.1, -0.05) is 23.7 Å². The molecular formula is C17H15ClN2O. The third-order valence-corrected chi connectivity index (χ3v) is 3.83. The molecule has 0 bridgehead atoms. The molecule has 1 amide bonds. The Balaban J connectivity index is 1.93. The van der Waals surface area contributed by atoms with Crippen molar-refractivity contribution in [1.82, 2.24) is 4.57 Å². The van der Waals surface area contributed by atoms with Crippen molar-refractivity contribution >= 4 is 34.1 Å².